The van der Waals surface area contributed by atoms with Crippen molar-refractivity contribution in [1.29, 1.82) is 0 Å². The highest BCUT2D eigenvalue weighted by atomic mass is 16.5. The van der Waals surface area contributed by atoms with Crippen LogP contribution in [0.2, 0.25) is 0 Å². The van der Waals surface area contributed by atoms with Gasteiger partial charge in [0.2, 0.25) is 11.8 Å². The molecule has 188 valence electrons. The number of carbonyl (C=O) groups excluding carboxylic acids is 3. The van der Waals surface area contributed by atoms with E-state index in [1.54, 1.807) is 38.4 Å². The molecule has 3 N–H and O–H groups in total. The normalized spacial score (nSPS) is 20.9. The number of hydrogen-bond donors (Lipinski definition) is 3. The van der Waals surface area contributed by atoms with Crippen molar-refractivity contribution in [3.63, 3.8) is 0 Å². The second-order valence-corrected chi connectivity index (χ2v) is 8.48. The summed E-state index contributed by atoms with van der Waals surface area (Å²) in [4.78, 5) is 42.2. The summed E-state index contributed by atoms with van der Waals surface area (Å²) in [5.41, 5.74) is 0.853. The molecule has 1 aromatic carbocycles. The maximum Gasteiger partial charge on any atom is 0.334 e. The van der Waals surface area contributed by atoms with Crippen LogP contribution in [-0.4, -0.2) is 93.6 Å². The molecule has 0 saturated carbocycles. The Kier molecular flexibility index (Phi) is 7.24. The van der Waals surface area contributed by atoms with Crippen LogP contribution in [0.25, 0.3) is 0 Å². The predicted octanol–water partition coefficient (Wildman–Crippen LogP) is -0.0733. The summed E-state index contributed by atoms with van der Waals surface area (Å²) < 4.78 is 10.5. The first kappa shape index (κ1) is 24.5. The molecule has 4 rings (SSSR count). The number of likely N-dealkylation sites (N-methyl/N-ethyl adjacent to an activating group) is 1. The molecule has 2 aliphatic rings. The van der Waals surface area contributed by atoms with Crippen LogP contribution in [0.5, 0.6) is 5.75 Å². The Morgan fingerprint density at radius 3 is 2.60 bits per heavy atom. The lowest BCUT2D eigenvalue weighted by Gasteiger charge is -2.54. The van der Waals surface area contributed by atoms with E-state index in [1.807, 2.05) is 12.1 Å². The summed E-state index contributed by atoms with van der Waals surface area (Å²) in [6.07, 6.45) is -1.53. The van der Waals surface area contributed by atoms with E-state index in [4.69, 9.17) is 9.15 Å². The summed E-state index contributed by atoms with van der Waals surface area (Å²) in [6, 6.07) is 9.06. The van der Waals surface area contributed by atoms with Gasteiger partial charge in [0.15, 0.2) is 6.29 Å². The third-order valence-corrected chi connectivity index (χ3v) is 6.11. The van der Waals surface area contributed by atoms with E-state index in [0.29, 0.717) is 11.5 Å². The number of ether oxygens (including phenoxy) is 1. The van der Waals surface area contributed by atoms with Crippen LogP contribution in [0, 0.1) is 0 Å². The first-order chi connectivity index (χ1) is 16.8. The van der Waals surface area contributed by atoms with Gasteiger partial charge >= 0.3 is 6.03 Å². The largest absolute Gasteiger partial charge is 0.497 e. The molecule has 0 aliphatic carbocycles. The van der Waals surface area contributed by atoms with Crippen molar-refractivity contribution in [3.05, 3.63) is 54.0 Å². The molecular weight excluding hydrogens is 458 g/mol. The number of furan rings is 1. The zero-order chi connectivity index (χ0) is 25.1. The molecule has 35 heavy (non-hydrogen) atoms. The number of nitrogens with one attached hydrogen (secondary N) is 1. The number of aliphatic hydroxyl groups is 2. The first-order valence-electron chi connectivity index (χ1n) is 11.2. The first-order valence-corrected chi connectivity index (χ1v) is 11.2. The summed E-state index contributed by atoms with van der Waals surface area (Å²) in [7, 11) is 3.19. The van der Waals surface area contributed by atoms with Crippen molar-refractivity contribution >= 4 is 17.8 Å². The number of benzene rings is 1. The monoisotopic (exact) mass is 487 g/mol. The number of rotatable bonds is 7. The minimum absolute atomic E-state index is 0.0313. The van der Waals surface area contributed by atoms with Crippen LogP contribution in [0.1, 0.15) is 17.7 Å². The van der Waals surface area contributed by atoms with Gasteiger partial charge in [0, 0.05) is 20.0 Å². The van der Waals surface area contributed by atoms with Crippen LogP contribution >= 0.6 is 0 Å². The summed E-state index contributed by atoms with van der Waals surface area (Å²) in [5, 5.41) is 25.0. The number of carbonyl (C=O) groups is 3. The number of hydrogen-bond acceptors (Lipinski definition) is 8. The maximum atomic E-state index is 13.3. The maximum absolute atomic E-state index is 13.3. The molecule has 3 heterocycles. The van der Waals surface area contributed by atoms with Crippen molar-refractivity contribution in [2.45, 2.75) is 38.0 Å². The van der Waals surface area contributed by atoms with Gasteiger partial charge in [-0.05, 0) is 29.8 Å². The topological polar surface area (TPSA) is 139 Å². The minimum atomic E-state index is -1.81. The quantitative estimate of drug-likeness (QED) is 0.461. The highest BCUT2D eigenvalue weighted by molar-refractivity contribution is 5.91. The van der Waals surface area contributed by atoms with Gasteiger partial charge in [-0.15, -0.1) is 0 Å². The number of methoxy groups -OCH3 is 1. The zero-order valence-corrected chi connectivity index (χ0v) is 19.5. The molecule has 2 fully saturated rings. The van der Waals surface area contributed by atoms with E-state index >= 15 is 0 Å². The number of amides is 4. The van der Waals surface area contributed by atoms with Crippen molar-refractivity contribution in [3.8, 4) is 5.75 Å². The van der Waals surface area contributed by atoms with Gasteiger partial charge in [0.25, 0.3) is 0 Å². The van der Waals surface area contributed by atoms with Crippen molar-refractivity contribution in [1.82, 2.24) is 25.1 Å². The van der Waals surface area contributed by atoms with E-state index in [2.05, 4.69) is 5.32 Å². The molecule has 2 aliphatic heterocycles. The second kappa shape index (κ2) is 10.3. The molecule has 0 spiro atoms. The van der Waals surface area contributed by atoms with E-state index in [9.17, 15) is 24.6 Å². The van der Waals surface area contributed by atoms with Crippen molar-refractivity contribution < 1.29 is 33.8 Å². The summed E-state index contributed by atoms with van der Waals surface area (Å²) >= 11 is 0. The van der Waals surface area contributed by atoms with Gasteiger partial charge in [0.05, 0.1) is 33.0 Å². The van der Waals surface area contributed by atoms with E-state index in [0.717, 1.165) is 5.56 Å². The Morgan fingerprint density at radius 2 is 1.97 bits per heavy atom. The van der Waals surface area contributed by atoms with Gasteiger partial charge in [-0.25, -0.2) is 14.8 Å². The van der Waals surface area contributed by atoms with E-state index in [1.165, 1.54) is 26.1 Å². The minimum Gasteiger partial charge on any atom is -0.497 e. The SMILES string of the molecule is COc1ccc(CNC(=O)N2[C@H]3CN(Cc4ccco4)C(=O)[C@H](CC(O)O)N3C(=O)CN2C)cc1. The average Bonchev–Trinajstić information content (AvgIpc) is 3.33. The van der Waals surface area contributed by atoms with Gasteiger partial charge < -0.3 is 34.5 Å². The third-order valence-electron chi connectivity index (χ3n) is 6.11. The van der Waals surface area contributed by atoms with E-state index < -0.39 is 30.4 Å². The Labute approximate surface area is 202 Å². The Balaban J connectivity index is 1.57. The number of hydrazine groups is 1. The lowest BCUT2D eigenvalue weighted by Crippen LogP contribution is -2.76. The molecule has 0 unspecified atom stereocenters. The molecule has 0 bridgehead atoms. The van der Waals surface area contributed by atoms with Gasteiger partial charge in [0.1, 0.15) is 23.7 Å². The number of piperazine rings is 1. The van der Waals surface area contributed by atoms with Gasteiger partial charge in [-0.2, -0.15) is 0 Å². The van der Waals surface area contributed by atoms with Gasteiger partial charge in [-0.3, -0.25) is 9.59 Å². The summed E-state index contributed by atoms with van der Waals surface area (Å²) in [6.45, 7) is 0.245. The van der Waals surface area contributed by atoms with Crippen molar-refractivity contribution in [2.75, 3.05) is 27.2 Å². The molecule has 1 aromatic heterocycles. The van der Waals surface area contributed by atoms with Crippen LogP contribution < -0.4 is 10.1 Å². The van der Waals surface area contributed by atoms with Crippen LogP contribution in [0.4, 0.5) is 4.79 Å². The molecule has 4 amide bonds. The third kappa shape index (κ3) is 5.24. The Morgan fingerprint density at radius 1 is 1.23 bits per heavy atom. The van der Waals surface area contributed by atoms with Crippen LogP contribution in [-0.2, 0) is 22.7 Å². The standard InChI is InChI=1S/C23H29N5O7/c1-25-14-20(29)27-18(10-21(30)31)22(32)26(12-17-4-3-9-35-17)13-19(27)28(25)23(33)24-11-15-5-7-16(34-2)8-6-15/h3-9,18-19,21,30-31H,10-14H2,1-2H3,(H,24,33)/t18-,19-/m0/s1. The highest BCUT2D eigenvalue weighted by Gasteiger charge is 2.51. The predicted molar refractivity (Wildman–Crippen MR) is 121 cm³/mol. The van der Waals surface area contributed by atoms with Gasteiger partial charge in [-0.1, -0.05) is 12.1 Å². The summed E-state index contributed by atoms with van der Waals surface area (Å²) in [5.74, 6) is 0.405. The Hall–Kier alpha value is -3.61. The lowest BCUT2D eigenvalue weighted by molar-refractivity contribution is -0.192. The number of urea groups is 1. The smallest absolute Gasteiger partial charge is 0.334 e. The van der Waals surface area contributed by atoms with Crippen molar-refractivity contribution in [2.24, 2.45) is 0 Å². The van der Waals surface area contributed by atoms with E-state index in [-0.39, 0.29) is 38.5 Å². The molecule has 12 nitrogen and oxygen atoms in total. The zero-order valence-electron chi connectivity index (χ0n) is 19.5. The molecule has 2 atom stereocenters. The molecule has 2 saturated heterocycles. The van der Waals surface area contributed by atoms with Crippen LogP contribution in [0.15, 0.2) is 47.1 Å². The molecule has 0 radical (unpaired) electrons. The molecular formula is C23H29N5O7. The molecule has 12 heteroatoms. The molecule has 2 aromatic rings. The number of fused-ring (bicyclic) bond motifs is 1. The second-order valence-electron chi connectivity index (χ2n) is 8.48. The number of aliphatic hydroxyl groups excluding tert-OH is 1. The average molecular weight is 488 g/mol. The fourth-order valence-electron chi connectivity index (χ4n) is 4.47. The number of nitrogens with zero attached hydrogens (tertiary/aromatic N) is 4. The highest BCUT2D eigenvalue weighted by Crippen LogP contribution is 2.28. The fourth-order valence-corrected chi connectivity index (χ4v) is 4.47. The lowest BCUT2D eigenvalue weighted by atomic mass is 10.0. The Bertz CT molecular complexity index is 1040. The van der Waals surface area contributed by atoms with Crippen LogP contribution in [0.3, 0.4) is 0 Å². The fraction of sp³-hybridized carbons (Fsp3) is 0.435.